The highest BCUT2D eigenvalue weighted by molar-refractivity contribution is 6.11. The lowest BCUT2D eigenvalue weighted by Crippen LogP contribution is -2.38. The Hall–Kier alpha value is -1.16. The molecule has 238 valence electrons. The molecule has 1 heterocycles. The molecule has 0 saturated carbocycles. The number of rotatable bonds is 27. The Labute approximate surface area is 252 Å². The van der Waals surface area contributed by atoms with E-state index < -0.39 is 12.1 Å². The van der Waals surface area contributed by atoms with E-state index in [9.17, 15) is 9.59 Å². The maximum atomic E-state index is 12.3. The molecule has 1 fully saturated rings. The summed E-state index contributed by atoms with van der Waals surface area (Å²) in [7, 11) is 9.29. The van der Waals surface area contributed by atoms with E-state index >= 15 is 0 Å². The molecule has 0 aliphatic carbocycles. The lowest BCUT2D eigenvalue weighted by atomic mass is 9.92. The second-order valence-corrected chi connectivity index (χ2v) is 11.5. The van der Waals surface area contributed by atoms with E-state index in [2.05, 4.69) is 12.2 Å². The lowest BCUT2D eigenvalue weighted by molar-refractivity contribution is -0.154. The van der Waals surface area contributed by atoms with Gasteiger partial charge in [-0.25, -0.2) is 0 Å². The number of hydrogen-bond acceptors (Lipinski definition) is 7. The number of unbranched alkanes of at least 4 members (excludes halogenated alkanes) is 15. The molecule has 1 rings (SSSR count). The van der Waals surface area contributed by atoms with Crippen molar-refractivity contribution in [1.82, 2.24) is 5.32 Å². The van der Waals surface area contributed by atoms with Gasteiger partial charge < -0.3 is 29.0 Å². The first-order valence-electron chi connectivity index (χ1n) is 16.5. The number of carbonyl (C=O) groups excluding carboxylic acids is 2. The highest BCUT2D eigenvalue weighted by atomic mass is 16.6. The summed E-state index contributed by atoms with van der Waals surface area (Å²) in [5, 5.41) is 2.87. The Morgan fingerprint density at radius 2 is 1.37 bits per heavy atom. The van der Waals surface area contributed by atoms with Crippen LogP contribution in [-0.4, -0.2) is 84.1 Å². The smallest absolute Gasteiger partial charge is 0.306 e. The zero-order chi connectivity index (χ0) is 30.1. The van der Waals surface area contributed by atoms with Gasteiger partial charge >= 0.3 is 5.97 Å². The van der Waals surface area contributed by atoms with Gasteiger partial charge in [0.15, 0.2) is 6.10 Å². The number of ether oxygens (including phenoxy) is 5. The minimum absolute atomic E-state index is 0.227. The number of esters is 1. The summed E-state index contributed by atoms with van der Waals surface area (Å²) in [5.41, 5.74) is 0. The van der Waals surface area contributed by atoms with Crippen LogP contribution >= 0.6 is 0 Å². The number of nitrogens with one attached hydrogen (secondary N) is 1. The van der Waals surface area contributed by atoms with Crippen LogP contribution in [0.5, 0.6) is 0 Å². The van der Waals surface area contributed by atoms with Crippen LogP contribution < -0.4 is 5.32 Å². The summed E-state index contributed by atoms with van der Waals surface area (Å²) in [4.78, 5) is 24.4. The zero-order valence-corrected chi connectivity index (χ0v) is 26.7. The number of hydrogen-bond donors (Lipinski definition) is 1. The Morgan fingerprint density at radius 1 is 0.805 bits per heavy atom. The molecule has 8 nitrogen and oxygen atoms in total. The first kappa shape index (κ1) is 37.9. The van der Waals surface area contributed by atoms with Gasteiger partial charge in [0.05, 0.1) is 6.61 Å². The SMILES string of the molecule is [B][C@@H]1O[C@H](COC)C(OC)[C@@H]1OCCCCCCNC(=O)C(C)OC(=O)CCCCCCCCCCCCCCC. The summed E-state index contributed by atoms with van der Waals surface area (Å²) < 4.78 is 27.6. The Morgan fingerprint density at radius 3 is 1.95 bits per heavy atom. The van der Waals surface area contributed by atoms with Gasteiger partial charge in [0.1, 0.15) is 26.2 Å². The molecule has 0 spiro atoms. The van der Waals surface area contributed by atoms with E-state index in [0.717, 1.165) is 44.9 Å². The topological polar surface area (TPSA) is 92.3 Å². The molecule has 0 aromatic heterocycles. The van der Waals surface area contributed by atoms with Gasteiger partial charge in [-0.3, -0.25) is 9.59 Å². The molecule has 1 amide bonds. The molecule has 41 heavy (non-hydrogen) atoms. The van der Waals surface area contributed by atoms with Gasteiger partial charge in [0, 0.05) is 39.8 Å². The lowest BCUT2D eigenvalue weighted by Gasteiger charge is -2.22. The number of amides is 1. The second kappa shape index (κ2) is 25.4. The van der Waals surface area contributed by atoms with Crippen molar-refractivity contribution in [3.8, 4) is 0 Å². The summed E-state index contributed by atoms with van der Waals surface area (Å²) in [5.74, 6) is -0.522. The van der Waals surface area contributed by atoms with Crippen molar-refractivity contribution in [3.63, 3.8) is 0 Å². The van der Waals surface area contributed by atoms with Crippen molar-refractivity contribution in [2.75, 3.05) is 34.0 Å². The van der Waals surface area contributed by atoms with Gasteiger partial charge in [-0.2, -0.15) is 0 Å². The quantitative estimate of drug-likeness (QED) is 0.0721. The third-order valence-electron chi connectivity index (χ3n) is 7.79. The average molecular weight is 582 g/mol. The van der Waals surface area contributed by atoms with E-state index in [1.807, 2.05) is 0 Å². The maximum Gasteiger partial charge on any atom is 0.306 e. The van der Waals surface area contributed by atoms with Crippen LogP contribution in [0.25, 0.3) is 0 Å². The van der Waals surface area contributed by atoms with E-state index in [1.54, 1.807) is 21.1 Å². The highest BCUT2D eigenvalue weighted by Crippen LogP contribution is 2.25. The summed E-state index contributed by atoms with van der Waals surface area (Å²) in [6.07, 6.45) is 19.0. The second-order valence-electron chi connectivity index (χ2n) is 11.5. The predicted octanol–water partition coefficient (Wildman–Crippen LogP) is 6.02. The average Bonchev–Trinajstić information content (AvgIpc) is 3.26. The van der Waals surface area contributed by atoms with Crippen molar-refractivity contribution in [2.45, 2.75) is 160 Å². The van der Waals surface area contributed by atoms with Gasteiger partial charge in [0.25, 0.3) is 5.91 Å². The molecule has 1 aliphatic heterocycles. The molecule has 1 N–H and O–H groups in total. The van der Waals surface area contributed by atoms with Crippen molar-refractivity contribution in [1.29, 1.82) is 0 Å². The fourth-order valence-corrected chi connectivity index (χ4v) is 5.28. The molecule has 2 unspecified atom stereocenters. The molecule has 0 bridgehead atoms. The van der Waals surface area contributed by atoms with Crippen LogP contribution in [-0.2, 0) is 33.3 Å². The third kappa shape index (κ3) is 18.2. The van der Waals surface area contributed by atoms with Gasteiger partial charge in [-0.1, -0.05) is 96.8 Å². The van der Waals surface area contributed by atoms with E-state index in [0.29, 0.717) is 26.2 Å². The van der Waals surface area contributed by atoms with Crippen LogP contribution in [0.1, 0.15) is 129 Å². The van der Waals surface area contributed by atoms with Gasteiger partial charge in [-0.15, -0.1) is 0 Å². The first-order chi connectivity index (χ1) is 19.9. The van der Waals surface area contributed by atoms with Crippen LogP contribution in [0.3, 0.4) is 0 Å². The van der Waals surface area contributed by atoms with E-state index in [4.69, 9.17) is 31.5 Å². The summed E-state index contributed by atoms with van der Waals surface area (Å²) in [6.45, 7) is 5.44. The highest BCUT2D eigenvalue weighted by Gasteiger charge is 2.42. The van der Waals surface area contributed by atoms with Crippen molar-refractivity contribution >= 4 is 19.7 Å². The van der Waals surface area contributed by atoms with Crippen LogP contribution in [0, 0.1) is 0 Å². The monoisotopic (exact) mass is 581 g/mol. The summed E-state index contributed by atoms with van der Waals surface area (Å²) >= 11 is 0. The van der Waals surface area contributed by atoms with Crippen LogP contribution in [0.2, 0.25) is 0 Å². The molecule has 0 aromatic carbocycles. The van der Waals surface area contributed by atoms with Crippen molar-refractivity contribution < 1.29 is 33.3 Å². The molecule has 5 atom stereocenters. The van der Waals surface area contributed by atoms with Gasteiger partial charge in [-0.05, 0) is 26.2 Å². The Balaban J connectivity index is 1.95. The van der Waals surface area contributed by atoms with Gasteiger partial charge in [0.2, 0.25) is 0 Å². The minimum Gasteiger partial charge on any atom is -0.453 e. The van der Waals surface area contributed by atoms with Crippen LogP contribution in [0.4, 0.5) is 0 Å². The van der Waals surface area contributed by atoms with E-state index in [-0.39, 0.29) is 30.2 Å². The van der Waals surface area contributed by atoms with E-state index in [1.165, 1.54) is 64.2 Å². The first-order valence-corrected chi connectivity index (χ1v) is 16.5. The number of methoxy groups -OCH3 is 2. The molecular formula is C32H60BNO7. The molecule has 1 aliphatic rings. The standard InChI is InChI=1S/C32H60BNO7/c1-5-6-7-8-9-10-11-12-13-14-15-16-19-22-28(35)40-26(2)32(36)34-23-20-17-18-21-24-39-30-29(38-4)27(25-37-3)41-31(30)33/h26-27,29-31H,5-25H2,1-4H3,(H,34,36)/t26?,27-,29?,30+,31-/m1/s1. The maximum absolute atomic E-state index is 12.3. The van der Waals surface area contributed by atoms with Crippen LogP contribution in [0.15, 0.2) is 0 Å². The number of carbonyl (C=O) groups is 2. The Kier molecular flexibility index (Phi) is 23.4. The van der Waals surface area contributed by atoms with Crippen molar-refractivity contribution in [2.24, 2.45) is 0 Å². The molecular weight excluding hydrogens is 521 g/mol. The molecule has 9 heteroatoms. The fraction of sp³-hybridized carbons (Fsp3) is 0.938. The summed E-state index contributed by atoms with van der Waals surface area (Å²) in [6, 6.07) is -0.527. The molecule has 2 radical (unpaired) electrons. The largest absolute Gasteiger partial charge is 0.453 e. The fourth-order valence-electron chi connectivity index (χ4n) is 5.28. The normalized spacial score (nSPS) is 21.2. The Bertz CT molecular complexity index is 654. The molecule has 1 saturated heterocycles. The predicted molar refractivity (Wildman–Crippen MR) is 164 cm³/mol. The third-order valence-corrected chi connectivity index (χ3v) is 7.79. The molecule has 0 aromatic rings. The zero-order valence-electron chi connectivity index (χ0n) is 26.7. The van der Waals surface area contributed by atoms with Crippen molar-refractivity contribution in [3.05, 3.63) is 0 Å². The minimum atomic E-state index is -0.758.